The maximum atomic E-state index is 13.5. The van der Waals surface area contributed by atoms with Gasteiger partial charge in [0.2, 0.25) is 5.82 Å². The molecule has 0 aliphatic rings. The number of halogens is 3. The number of carbonyl (C=O) groups excluding carboxylic acids is 1. The summed E-state index contributed by atoms with van der Waals surface area (Å²) in [6.07, 6.45) is 1.32. The van der Waals surface area contributed by atoms with E-state index >= 15 is 0 Å². The van der Waals surface area contributed by atoms with Gasteiger partial charge in [-0.1, -0.05) is 15.9 Å². The Balaban J connectivity index is 2.08. The molecule has 0 unspecified atom stereocenters. The van der Waals surface area contributed by atoms with Crippen LogP contribution in [0.15, 0.2) is 34.9 Å². The Bertz CT molecular complexity index is 662. The van der Waals surface area contributed by atoms with Gasteiger partial charge in [-0.3, -0.25) is 4.98 Å². The summed E-state index contributed by atoms with van der Waals surface area (Å²) in [7, 11) is 1.27. The van der Waals surface area contributed by atoms with Gasteiger partial charge in [0.25, 0.3) is 0 Å². The number of hydrogen-bond acceptors (Lipinski definition) is 4. The summed E-state index contributed by atoms with van der Waals surface area (Å²) >= 11 is 3.05. The van der Waals surface area contributed by atoms with Crippen LogP contribution in [0.1, 0.15) is 16.1 Å². The van der Waals surface area contributed by atoms with Crippen molar-refractivity contribution in [3.63, 3.8) is 0 Å². The molecule has 0 bridgehead atoms. The van der Waals surface area contributed by atoms with E-state index < -0.39 is 17.6 Å². The van der Waals surface area contributed by atoms with Crippen molar-refractivity contribution < 1.29 is 23.0 Å². The number of esters is 1. The fourth-order valence-electron chi connectivity index (χ4n) is 1.54. The van der Waals surface area contributed by atoms with Crippen LogP contribution < -0.4 is 4.74 Å². The van der Waals surface area contributed by atoms with Gasteiger partial charge in [0.15, 0.2) is 11.6 Å². The lowest BCUT2D eigenvalue weighted by Gasteiger charge is -2.08. The number of aromatic nitrogens is 1. The minimum Gasteiger partial charge on any atom is -0.484 e. The monoisotopic (exact) mass is 357 g/mol. The van der Waals surface area contributed by atoms with Crippen molar-refractivity contribution in [1.82, 2.24) is 4.98 Å². The van der Waals surface area contributed by atoms with Crippen molar-refractivity contribution in [3.8, 4) is 5.75 Å². The number of rotatable bonds is 4. The molecule has 21 heavy (non-hydrogen) atoms. The smallest absolute Gasteiger partial charge is 0.339 e. The summed E-state index contributed by atoms with van der Waals surface area (Å²) in [6.45, 7) is -0.0612. The molecule has 0 aliphatic carbocycles. The van der Waals surface area contributed by atoms with E-state index in [2.05, 4.69) is 25.7 Å². The van der Waals surface area contributed by atoms with E-state index in [4.69, 9.17) is 4.74 Å². The van der Waals surface area contributed by atoms with Crippen molar-refractivity contribution in [1.29, 1.82) is 0 Å². The molecule has 4 nitrogen and oxygen atoms in total. The molecule has 0 radical (unpaired) electrons. The van der Waals surface area contributed by atoms with Gasteiger partial charge in [0.1, 0.15) is 6.61 Å². The standard InChI is InChI=1S/C14H10BrF2NO3/c1-20-14(19)8-2-3-10(18-6-8)7-21-12-5-9(15)4-11(16)13(12)17/h2-6H,7H2,1H3. The van der Waals surface area contributed by atoms with Crippen LogP contribution in [0.3, 0.4) is 0 Å². The lowest BCUT2D eigenvalue weighted by Crippen LogP contribution is -2.05. The third-order valence-electron chi connectivity index (χ3n) is 2.58. The van der Waals surface area contributed by atoms with Crippen LogP contribution in [0.25, 0.3) is 0 Å². The predicted octanol–water partition coefficient (Wildman–Crippen LogP) is 3.49. The maximum Gasteiger partial charge on any atom is 0.339 e. The van der Waals surface area contributed by atoms with Crippen LogP contribution in [-0.4, -0.2) is 18.1 Å². The molecular formula is C14H10BrF2NO3. The molecule has 1 aromatic heterocycles. The molecule has 0 saturated heterocycles. The minimum absolute atomic E-state index is 0.0612. The van der Waals surface area contributed by atoms with Crippen LogP contribution >= 0.6 is 15.9 Å². The second kappa shape index (κ2) is 6.62. The van der Waals surface area contributed by atoms with E-state index in [0.29, 0.717) is 15.7 Å². The Morgan fingerprint density at radius 2 is 2.10 bits per heavy atom. The van der Waals surface area contributed by atoms with E-state index in [9.17, 15) is 13.6 Å². The summed E-state index contributed by atoms with van der Waals surface area (Å²) in [5, 5.41) is 0. The molecule has 0 amide bonds. The van der Waals surface area contributed by atoms with E-state index in [1.807, 2.05) is 0 Å². The first-order valence-corrected chi connectivity index (χ1v) is 6.61. The van der Waals surface area contributed by atoms with Gasteiger partial charge in [-0.05, 0) is 24.3 Å². The highest BCUT2D eigenvalue weighted by molar-refractivity contribution is 9.10. The number of hydrogen-bond donors (Lipinski definition) is 0. The van der Waals surface area contributed by atoms with Gasteiger partial charge in [-0.25, -0.2) is 9.18 Å². The first-order chi connectivity index (χ1) is 10.0. The Morgan fingerprint density at radius 3 is 2.71 bits per heavy atom. The number of nitrogens with zero attached hydrogens (tertiary/aromatic N) is 1. The summed E-state index contributed by atoms with van der Waals surface area (Å²) in [4.78, 5) is 15.2. The number of methoxy groups -OCH3 is 1. The van der Waals surface area contributed by atoms with E-state index in [1.165, 1.54) is 25.4 Å². The number of pyridine rings is 1. The average molecular weight is 358 g/mol. The van der Waals surface area contributed by atoms with Gasteiger partial charge in [0.05, 0.1) is 18.4 Å². The fraction of sp³-hybridized carbons (Fsp3) is 0.143. The molecule has 1 aromatic carbocycles. The molecule has 2 aromatic rings. The normalized spacial score (nSPS) is 10.3. The number of ether oxygens (including phenoxy) is 2. The molecule has 1 heterocycles. The van der Waals surface area contributed by atoms with Crippen LogP contribution in [0, 0.1) is 11.6 Å². The summed E-state index contributed by atoms with van der Waals surface area (Å²) in [5.74, 6) is -2.80. The third-order valence-corrected chi connectivity index (χ3v) is 3.04. The minimum atomic E-state index is -1.07. The topological polar surface area (TPSA) is 48.4 Å². The van der Waals surface area contributed by atoms with Crippen LogP contribution in [0.2, 0.25) is 0 Å². The second-order valence-electron chi connectivity index (χ2n) is 4.02. The Kier molecular flexibility index (Phi) is 4.85. The zero-order valence-corrected chi connectivity index (χ0v) is 12.5. The first kappa shape index (κ1) is 15.4. The zero-order chi connectivity index (χ0) is 15.4. The van der Waals surface area contributed by atoms with Gasteiger partial charge in [-0.15, -0.1) is 0 Å². The molecule has 2 rings (SSSR count). The SMILES string of the molecule is COC(=O)c1ccc(COc2cc(Br)cc(F)c2F)nc1. The summed E-state index contributed by atoms with van der Waals surface area (Å²) in [6, 6.07) is 5.38. The van der Waals surface area contributed by atoms with Crippen molar-refractivity contribution in [2.75, 3.05) is 7.11 Å². The van der Waals surface area contributed by atoms with Crippen LogP contribution in [0.5, 0.6) is 5.75 Å². The molecule has 7 heteroatoms. The highest BCUT2D eigenvalue weighted by atomic mass is 79.9. The van der Waals surface area contributed by atoms with Crippen molar-refractivity contribution in [3.05, 3.63) is 57.8 Å². The first-order valence-electron chi connectivity index (χ1n) is 5.82. The van der Waals surface area contributed by atoms with E-state index in [-0.39, 0.29) is 12.4 Å². The highest BCUT2D eigenvalue weighted by Crippen LogP contribution is 2.25. The third kappa shape index (κ3) is 3.75. The largest absolute Gasteiger partial charge is 0.484 e. The lowest BCUT2D eigenvalue weighted by atomic mass is 10.2. The predicted molar refractivity (Wildman–Crippen MR) is 74.0 cm³/mol. The Morgan fingerprint density at radius 1 is 1.33 bits per heavy atom. The zero-order valence-electron chi connectivity index (χ0n) is 10.9. The van der Waals surface area contributed by atoms with Crippen molar-refractivity contribution in [2.24, 2.45) is 0 Å². The quantitative estimate of drug-likeness (QED) is 0.620. The maximum absolute atomic E-state index is 13.5. The molecule has 0 N–H and O–H groups in total. The van der Waals surface area contributed by atoms with E-state index in [1.54, 1.807) is 6.07 Å². The van der Waals surface area contributed by atoms with Gasteiger partial charge in [-0.2, -0.15) is 4.39 Å². The molecule has 0 fully saturated rings. The number of carbonyl (C=O) groups is 1. The van der Waals surface area contributed by atoms with Crippen molar-refractivity contribution >= 4 is 21.9 Å². The van der Waals surface area contributed by atoms with Crippen molar-refractivity contribution in [2.45, 2.75) is 6.61 Å². The highest BCUT2D eigenvalue weighted by Gasteiger charge is 2.12. The average Bonchev–Trinajstić information content (AvgIpc) is 2.49. The van der Waals surface area contributed by atoms with E-state index in [0.717, 1.165) is 6.07 Å². The summed E-state index contributed by atoms with van der Waals surface area (Å²) < 4.78 is 36.8. The summed E-state index contributed by atoms with van der Waals surface area (Å²) in [5.41, 5.74) is 0.753. The molecule has 110 valence electrons. The number of benzene rings is 1. The fourth-order valence-corrected chi connectivity index (χ4v) is 1.95. The molecule has 0 aliphatic heterocycles. The lowest BCUT2D eigenvalue weighted by molar-refractivity contribution is 0.0600. The molecule has 0 atom stereocenters. The Labute approximate surface area is 127 Å². The van der Waals surface area contributed by atoms with Gasteiger partial charge >= 0.3 is 5.97 Å². The van der Waals surface area contributed by atoms with Crippen LogP contribution in [0.4, 0.5) is 8.78 Å². The van der Waals surface area contributed by atoms with Crippen LogP contribution in [-0.2, 0) is 11.3 Å². The van der Waals surface area contributed by atoms with Gasteiger partial charge in [0, 0.05) is 10.7 Å². The molecule has 0 saturated carbocycles. The van der Waals surface area contributed by atoms with Gasteiger partial charge < -0.3 is 9.47 Å². The molecule has 0 spiro atoms. The molecular weight excluding hydrogens is 348 g/mol. The second-order valence-corrected chi connectivity index (χ2v) is 4.93. The Hall–Kier alpha value is -2.02.